The summed E-state index contributed by atoms with van der Waals surface area (Å²) in [7, 11) is -0.578. The molecular weight excluding hydrogens is 419 g/mol. The van der Waals surface area contributed by atoms with Crippen LogP contribution in [0.25, 0.3) is 0 Å². The Hall–Kier alpha value is -1.48. The fraction of sp³-hybridized carbons (Fsp3) is 0.400. The average Bonchev–Trinajstić information content (AvgIpc) is 2.86. The van der Waals surface area contributed by atoms with Gasteiger partial charge in [0.05, 0.1) is 16.9 Å². The Labute approximate surface area is 179 Å². The van der Waals surface area contributed by atoms with Crippen molar-refractivity contribution in [3.05, 3.63) is 53.1 Å². The standard InChI is InChI=1S/C20H23BClF2NO3S/c1-19(2)20(3,4)28-21(27-19)14-8-9-16(25-29-18(23)24)17(11-14)26-12-13-6-5-7-15(22)10-13/h5-11,18,25H,12H2,1-4H3. The molecule has 0 aromatic heterocycles. The molecule has 2 aromatic carbocycles. The van der Waals surface area contributed by atoms with Crippen LogP contribution in [0.3, 0.4) is 0 Å². The van der Waals surface area contributed by atoms with Gasteiger partial charge in [-0.15, -0.1) is 0 Å². The fourth-order valence-electron chi connectivity index (χ4n) is 2.76. The predicted octanol–water partition coefficient (Wildman–Crippen LogP) is 5.50. The molecule has 0 amide bonds. The van der Waals surface area contributed by atoms with Gasteiger partial charge in [-0.3, -0.25) is 0 Å². The molecule has 1 saturated heterocycles. The zero-order valence-corrected chi connectivity index (χ0v) is 18.2. The number of halogens is 3. The lowest BCUT2D eigenvalue weighted by atomic mass is 9.79. The van der Waals surface area contributed by atoms with E-state index in [0.29, 0.717) is 28.4 Å². The highest BCUT2D eigenvalue weighted by molar-refractivity contribution is 8.00. The number of alkyl halides is 2. The summed E-state index contributed by atoms with van der Waals surface area (Å²) >= 11 is 6.33. The van der Waals surface area contributed by atoms with Crippen LogP contribution in [0, 0.1) is 0 Å². The van der Waals surface area contributed by atoms with Gasteiger partial charge in [0.2, 0.25) is 0 Å². The van der Waals surface area contributed by atoms with E-state index in [1.54, 1.807) is 30.3 Å². The van der Waals surface area contributed by atoms with Crippen molar-refractivity contribution in [1.82, 2.24) is 0 Å². The second kappa shape index (κ2) is 8.72. The predicted molar refractivity (Wildman–Crippen MR) is 115 cm³/mol. The molecule has 9 heteroatoms. The van der Waals surface area contributed by atoms with Crippen molar-refractivity contribution in [1.29, 1.82) is 0 Å². The second-order valence-corrected chi connectivity index (χ2v) is 8.98. The van der Waals surface area contributed by atoms with Gasteiger partial charge in [-0.1, -0.05) is 29.8 Å². The van der Waals surface area contributed by atoms with Gasteiger partial charge in [0.1, 0.15) is 12.4 Å². The van der Waals surface area contributed by atoms with Crippen molar-refractivity contribution in [3.8, 4) is 5.75 Å². The maximum Gasteiger partial charge on any atom is 0.494 e. The molecule has 2 aromatic rings. The number of hydrogen-bond acceptors (Lipinski definition) is 5. The van der Waals surface area contributed by atoms with Gasteiger partial charge in [0, 0.05) is 17.0 Å². The summed E-state index contributed by atoms with van der Waals surface area (Å²) in [6.07, 6.45) is 0. The first-order valence-electron chi connectivity index (χ1n) is 9.14. The minimum atomic E-state index is -2.56. The van der Waals surface area contributed by atoms with Crippen molar-refractivity contribution in [2.45, 2.75) is 51.3 Å². The zero-order chi connectivity index (χ0) is 21.2. The summed E-state index contributed by atoms with van der Waals surface area (Å²) in [5.41, 5.74) is 1.09. The Morgan fingerprint density at radius 1 is 1.10 bits per heavy atom. The van der Waals surface area contributed by atoms with Gasteiger partial charge in [0.25, 0.3) is 0 Å². The normalized spacial score (nSPS) is 17.6. The lowest BCUT2D eigenvalue weighted by molar-refractivity contribution is 0.00578. The van der Waals surface area contributed by atoms with Crippen LogP contribution < -0.4 is 14.9 Å². The zero-order valence-electron chi connectivity index (χ0n) is 16.7. The molecule has 0 aliphatic carbocycles. The van der Waals surface area contributed by atoms with E-state index in [-0.39, 0.29) is 6.61 Å². The molecule has 0 atom stereocenters. The first-order chi connectivity index (χ1) is 13.6. The Morgan fingerprint density at radius 3 is 2.41 bits per heavy atom. The molecule has 1 N–H and O–H groups in total. The largest absolute Gasteiger partial charge is 0.494 e. The second-order valence-electron chi connectivity index (χ2n) is 7.74. The Balaban J connectivity index is 1.83. The molecule has 0 spiro atoms. The van der Waals surface area contributed by atoms with Crippen LogP contribution in [0.4, 0.5) is 14.5 Å². The van der Waals surface area contributed by atoms with Crippen LogP contribution in [-0.4, -0.2) is 24.1 Å². The number of anilines is 1. The van der Waals surface area contributed by atoms with E-state index in [0.717, 1.165) is 11.0 Å². The first-order valence-corrected chi connectivity index (χ1v) is 10.4. The van der Waals surface area contributed by atoms with E-state index in [4.69, 9.17) is 25.6 Å². The maximum absolute atomic E-state index is 12.6. The smallest absolute Gasteiger partial charge is 0.487 e. The number of ether oxygens (including phenoxy) is 1. The van der Waals surface area contributed by atoms with Crippen LogP contribution >= 0.6 is 23.5 Å². The molecule has 1 heterocycles. The summed E-state index contributed by atoms with van der Waals surface area (Å²) in [5.74, 6) is -2.14. The van der Waals surface area contributed by atoms with E-state index in [1.165, 1.54) is 0 Å². The Bertz CT molecular complexity index is 853. The van der Waals surface area contributed by atoms with Crippen LogP contribution in [0.5, 0.6) is 5.75 Å². The van der Waals surface area contributed by atoms with E-state index >= 15 is 0 Å². The molecule has 29 heavy (non-hydrogen) atoms. The highest BCUT2D eigenvalue weighted by Gasteiger charge is 2.51. The SMILES string of the molecule is CC1(C)OB(c2ccc(NSC(F)F)c(OCc3cccc(Cl)c3)c2)OC1(C)C. The quantitative estimate of drug-likeness (QED) is 0.454. The minimum Gasteiger partial charge on any atom is -0.487 e. The van der Waals surface area contributed by atoms with Gasteiger partial charge in [-0.2, -0.15) is 8.78 Å². The van der Waals surface area contributed by atoms with Crippen molar-refractivity contribution in [2.24, 2.45) is 0 Å². The number of hydrogen-bond donors (Lipinski definition) is 1. The molecule has 0 radical (unpaired) electrons. The molecule has 3 rings (SSSR count). The lowest BCUT2D eigenvalue weighted by Crippen LogP contribution is -2.41. The van der Waals surface area contributed by atoms with Crippen LogP contribution in [0.15, 0.2) is 42.5 Å². The van der Waals surface area contributed by atoms with Crippen molar-refractivity contribution >= 4 is 41.8 Å². The van der Waals surface area contributed by atoms with Gasteiger partial charge in [0.15, 0.2) is 0 Å². The molecule has 156 valence electrons. The van der Waals surface area contributed by atoms with Crippen LogP contribution in [0.1, 0.15) is 33.3 Å². The van der Waals surface area contributed by atoms with Crippen molar-refractivity contribution in [3.63, 3.8) is 0 Å². The van der Waals surface area contributed by atoms with E-state index < -0.39 is 24.1 Å². The molecule has 0 saturated carbocycles. The molecule has 0 unspecified atom stereocenters. The van der Waals surface area contributed by atoms with Crippen molar-refractivity contribution in [2.75, 3.05) is 4.72 Å². The third-order valence-electron chi connectivity index (χ3n) is 5.07. The Kier molecular flexibility index (Phi) is 6.68. The van der Waals surface area contributed by atoms with E-state index in [2.05, 4.69) is 4.72 Å². The van der Waals surface area contributed by atoms with Crippen molar-refractivity contribution < 1.29 is 22.8 Å². The van der Waals surface area contributed by atoms with E-state index in [9.17, 15) is 8.78 Å². The summed E-state index contributed by atoms with van der Waals surface area (Å²) < 4.78 is 46.0. The maximum atomic E-state index is 12.6. The summed E-state index contributed by atoms with van der Waals surface area (Å²) in [4.78, 5) is 0. The summed E-state index contributed by atoms with van der Waals surface area (Å²) in [6, 6.07) is 12.5. The van der Waals surface area contributed by atoms with Crippen LogP contribution in [-0.2, 0) is 15.9 Å². The van der Waals surface area contributed by atoms with Crippen LogP contribution in [0.2, 0.25) is 5.02 Å². The third kappa shape index (κ3) is 5.37. The molecule has 4 nitrogen and oxygen atoms in total. The highest BCUT2D eigenvalue weighted by Crippen LogP contribution is 2.37. The molecule has 0 bridgehead atoms. The van der Waals surface area contributed by atoms with Gasteiger partial charge in [-0.05, 0) is 63.0 Å². The number of rotatable bonds is 7. The molecule has 1 aliphatic rings. The number of benzene rings is 2. The average molecular weight is 442 g/mol. The lowest BCUT2D eigenvalue weighted by Gasteiger charge is -2.32. The minimum absolute atomic E-state index is 0.238. The topological polar surface area (TPSA) is 39.7 Å². The summed E-state index contributed by atoms with van der Waals surface area (Å²) in [5, 5.41) is 0.601. The summed E-state index contributed by atoms with van der Waals surface area (Å²) in [6.45, 7) is 8.12. The number of nitrogens with one attached hydrogen (secondary N) is 1. The van der Waals surface area contributed by atoms with Gasteiger partial charge in [-0.25, -0.2) is 0 Å². The van der Waals surface area contributed by atoms with Gasteiger partial charge >= 0.3 is 12.9 Å². The molecular formula is C20H23BClF2NO3S. The Morgan fingerprint density at radius 2 is 1.79 bits per heavy atom. The van der Waals surface area contributed by atoms with E-state index in [1.807, 2.05) is 39.8 Å². The monoisotopic (exact) mass is 441 g/mol. The molecule has 1 aliphatic heterocycles. The third-order valence-corrected chi connectivity index (χ3v) is 5.82. The highest BCUT2D eigenvalue weighted by atomic mass is 35.5. The molecule has 1 fully saturated rings. The van der Waals surface area contributed by atoms with Gasteiger partial charge < -0.3 is 18.8 Å². The first kappa shape index (κ1) is 22.2. The fourth-order valence-corrected chi connectivity index (χ4v) is 3.36.